The Labute approximate surface area is 148 Å². The predicted molar refractivity (Wildman–Crippen MR) is 85.5 cm³/mol. The molecule has 1 amide bonds. The van der Waals surface area contributed by atoms with Gasteiger partial charge in [-0.2, -0.15) is 13.2 Å². The van der Waals surface area contributed by atoms with Crippen LogP contribution in [0.2, 0.25) is 5.02 Å². The van der Waals surface area contributed by atoms with Crippen LogP contribution in [-0.4, -0.2) is 15.9 Å². The molecule has 10 heteroatoms. The Morgan fingerprint density at radius 1 is 1.15 bits per heavy atom. The van der Waals surface area contributed by atoms with Crippen molar-refractivity contribution >= 4 is 34.2 Å². The number of fused-ring (bicyclic) bond motifs is 1. The predicted octanol–water partition coefficient (Wildman–Crippen LogP) is 5.43. The molecule has 1 heterocycles. The fourth-order valence-corrected chi connectivity index (χ4v) is 2.52. The average Bonchev–Trinajstić information content (AvgIpc) is 2.99. The molecule has 0 aliphatic heterocycles. The lowest BCUT2D eigenvalue weighted by Gasteiger charge is -2.11. The first-order chi connectivity index (χ1) is 12.1. The van der Waals surface area contributed by atoms with E-state index in [1.807, 2.05) is 0 Å². The molecule has 0 saturated carbocycles. The van der Waals surface area contributed by atoms with Gasteiger partial charge in [-0.15, -0.1) is 0 Å². The van der Waals surface area contributed by atoms with Gasteiger partial charge in [-0.1, -0.05) is 11.6 Å². The summed E-state index contributed by atoms with van der Waals surface area (Å²) in [6.45, 7) is 0. The van der Waals surface area contributed by atoms with Crippen molar-refractivity contribution in [2.24, 2.45) is 0 Å². The largest absolute Gasteiger partial charge is 0.417 e. The summed E-state index contributed by atoms with van der Waals surface area (Å²) in [5.74, 6) is -1.25. The number of aromatic amines is 1. The maximum atomic E-state index is 12.9. The molecular weight excluding hydrogens is 381 g/mol. The second-order valence-corrected chi connectivity index (χ2v) is 5.71. The standard InChI is InChI=1S/C16H9ClF5N3O/c17-10-3-2-8(6-9(10)16(20,21)22)23-15(26)7-1-4-11-12(5-7)25-14(24-11)13(18)19/h1-6,13H,(H,23,26)(H,24,25). The van der Waals surface area contributed by atoms with Crippen LogP contribution in [0, 0.1) is 0 Å². The number of nitrogens with one attached hydrogen (secondary N) is 2. The van der Waals surface area contributed by atoms with E-state index in [0.29, 0.717) is 6.07 Å². The highest BCUT2D eigenvalue weighted by Crippen LogP contribution is 2.36. The van der Waals surface area contributed by atoms with E-state index in [4.69, 9.17) is 11.6 Å². The topological polar surface area (TPSA) is 57.8 Å². The van der Waals surface area contributed by atoms with Crippen LogP contribution < -0.4 is 5.32 Å². The van der Waals surface area contributed by atoms with Gasteiger partial charge in [0.2, 0.25) is 0 Å². The van der Waals surface area contributed by atoms with Gasteiger partial charge < -0.3 is 10.3 Å². The van der Waals surface area contributed by atoms with E-state index in [0.717, 1.165) is 6.07 Å². The van der Waals surface area contributed by atoms with Crippen molar-refractivity contribution in [2.75, 3.05) is 5.32 Å². The van der Waals surface area contributed by atoms with E-state index in [-0.39, 0.29) is 22.3 Å². The number of hydrogen-bond acceptors (Lipinski definition) is 2. The van der Waals surface area contributed by atoms with Crippen molar-refractivity contribution in [1.29, 1.82) is 0 Å². The Bertz CT molecular complexity index is 984. The normalized spacial score (nSPS) is 12.0. The van der Waals surface area contributed by atoms with Crippen molar-refractivity contribution in [3.63, 3.8) is 0 Å². The van der Waals surface area contributed by atoms with Crippen LogP contribution in [0.4, 0.5) is 27.6 Å². The zero-order chi connectivity index (χ0) is 19.1. The Hall–Kier alpha value is -2.68. The maximum absolute atomic E-state index is 12.9. The summed E-state index contributed by atoms with van der Waals surface area (Å²) in [5, 5.41) is 1.82. The molecule has 0 aliphatic rings. The molecule has 0 saturated heterocycles. The molecular formula is C16H9ClF5N3O. The minimum Gasteiger partial charge on any atom is -0.337 e. The van der Waals surface area contributed by atoms with Crippen LogP contribution >= 0.6 is 11.6 Å². The van der Waals surface area contributed by atoms with Crippen molar-refractivity contribution in [2.45, 2.75) is 12.6 Å². The van der Waals surface area contributed by atoms with E-state index < -0.39 is 34.9 Å². The number of aromatic nitrogens is 2. The summed E-state index contributed by atoms with van der Waals surface area (Å²) in [6, 6.07) is 6.92. The third kappa shape index (κ3) is 3.62. The number of imidazole rings is 1. The number of H-pyrrole nitrogens is 1. The monoisotopic (exact) mass is 389 g/mol. The van der Waals surface area contributed by atoms with E-state index in [1.54, 1.807) is 0 Å². The first-order valence-corrected chi connectivity index (χ1v) is 7.49. The minimum atomic E-state index is -4.67. The quantitative estimate of drug-likeness (QED) is 0.587. The van der Waals surface area contributed by atoms with E-state index in [1.165, 1.54) is 24.3 Å². The molecule has 0 radical (unpaired) electrons. The number of hydrogen-bond donors (Lipinski definition) is 2. The van der Waals surface area contributed by atoms with Gasteiger partial charge in [-0.25, -0.2) is 13.8 Å². The summed E-state index contributed by atoms with van der Waals surface area (Å²) < 4.78 is 63.9. The minimum absolute atomic E-state index is 0.0606. The van der Waals surface area contributed by atoms with Gasteiger partial charge in [0.25, 0.3) is 12.3 Å². The summed E-state index contributed by atoms with van der Waals surface area (Å²) >= 11 is 5.52. The highest BCUT2D eigenvalue weighted by Gasteiger charge is 2.33. The Morgan fingerprint density at radius 2 is 1.88 bits per heavy atom. The molecule has 0 aliphatic carbocycles. The van der Waals surface area contributed by atoms with Crippen molar-refractivity contribution in [3.05, 3.63) is 58.4 Å². The molecule has 0 atom stereocenters. The highest BCUT2D eigenvalue weighted by molar-refractivity contribution is 6.31. The number of alkyl halides is 5. The second kappa shape index (κ2) is 6.56. The lowest BCUT2D eigenvalue weighted by atomic mass is 10.1. The first kappa shape index (κ1) is 18.1. The van der Waals surface area contributed by atoms with Crippen molar-refractivity contribution in [1.82, 2.24) is 9.97 Å². The Balaban J connectivity index is 1.87. The highest BCUT2D eigenvalue weighted by atomic mass is 35.5. The molecule has 0 unspecified atom stereocenters. The fraction of sp³-hybridized carbons (Fsp3) is 0.125. The lowest BCUT2D eigenvalue weighted by Crippen LogP contribution is -2.13. The molecule has 136 valence electrons. The number of carbonyl (C=O) groups excluding carboxylic acids is 1. The van der Waals surface area contributed by atoms with Crippen LogP contribution in [0.25, 0.3) is 11.0 Å². The summed E-state index contributed by atoms with van der Waals surface area (Å²) in [4.78, 5) is 18.3. The van der Waals surface area contributed by atoms with Gasteiger partial charge in [0.15, 0.2) is 5.82 Å². The molecule has 3 aromatic rings. The summed E-state index contributed by atoms with van der Waals surface area (Å²) in [5.41, 5.74) is -0.680. The van der Waals surface area contributed by atoms with Crippen LogP contribution in [0.1, 0.15) is 28.2 Å². The number of carbonyl (C=O) groups is 1. The number of anilines is 1. The van der Waals surface area contributed by atoms with Gasteiger partial charge in [0, 0.05) is 11.3 Å². The summed E-state index contributed by atoms with van der Waals surface area (Å²) in [7, 11) is 0. The third-order valence-electron chi connectivity index (χ3n) is 3.50. The van der Waals surface area contributed by atoms with Crippen LogP contribution in [-0.2, 0) is 6.18 Å². The van der Waals surface area contributed by atoms with Gasteiger partial charge >= 0.3 is 6.18 Å². The smallest absolute Gasteiger partial charge is 0.337 e. The van der Waals surface area contributed by atoms with Crippen LogP contribution in [0.15, 0.2) is 36.4 Å². The molecule has 4 nitrogen and oxygen atoms in total. The zero-order valence-corrected chi connectivity index (χ0v) is 13.4. The zero-order valence-electron chi connectivity index (χ0n) is 12.7. The van der Waals surface area contributed by atoms with Crippen molar-refractivity contribution in [3.8, 4) is 0 Å². The van der Waals surface area contributed by atoms with Gasteiger partial charge in [-0.05, 0) is 36.4 Å². The average molecular weight is 390 g/mol. The fourth-order valence-electron chi connectivity index (χ4n) is 2.30. The Kier molecular flexibility index (Phi) is 4.57. The van der Waals surface area contributed by atoms with E-state index >= 15 is 0 Å². The van der Waals surface area contributed by atoms with E-state index in [2.05, 4.69) is 15.3 Å². The third-order valence-corrected chi connectivity index (χ3v) is 3.83. The number of benzene rings is 2. The lowest BCUT2D eigenvalue weighted by molar-refractivity contribution is -0.137. The van der Waals surface area contributed by atoms with Gasteiger partial charge in [0.05, 0.1) is 21.6 Å². The molecule has 3 rings (SSSR count). The molecule has 26 heavy (non-hydrogen) atoms. The number of nitrogens with zero attached hydrogens (tertiary/aromatic N) is 1. The van der Waals surface area contributed by atoms with Gasteiger partial charge in [0.1, 0.15) is 0 Å². The molecule has 0 fully saturated rings. The van der Waals surface area contributed by atoms with Crippen molar-refractivity contribution < 1.29 is 26.7 Å². The first-order valence-electron chi connectivity index (χ1n) is 7.11. The number of halogens is 6. The Morgan fingerprint density at radius 3 is 2.54 bits per heavy atom. The molecule has 2 N–H and O–H groups in total. The second-order valence-electron chi connectivity index (χ2n) is 5.30. The van der Waals surface area contributed by atoms with Crippen LogP contribution in [0.5, 0.6) is 0 Å². The SMILES string of the molecule is O=C(Nc1ccc(Cl)c(C(F)(F)F)c1)c1ccc2nc(C(F)F)[nH]c2c1. The van der Waals surface area contributed by atoms with E-state index in [9.17, 15) is 26.7 Å². The molecule has 2 aromatic carbocycles. The maximum Gasteiger partial charge on any atom is 0.417 e. The number of amides is 1. The number of rotatable bonds is 3. The molecule has 0 bridgehead atoms. The molecule has 1 aromatic heterocycles. The molecule has 0 spiro atoms. The van der Waals surface area contributed by atoms with Crippen LogP contribution in [0.3, 0.4) is 0 Å². The van der Waals surface area contributed by atoms with Gasteiger partial charge in [-0.3, -0.25) is 4.79 Å². The summed E-state index contributed by atoms with van der Waals surface area (Å²) in [6.07, 6.45) is -7.47.